The molecule has 0 heterocycles. The second-order valence-corrected chi connectivity index (χ2v) is 0.975. The molecule has 2 N–H and O–H groups in total. The molecule has 0 fully saturated rings. The van der Waals surface area contributed by atoms with Crippen molar-refractivity contribution in [3.63, 3.8) is 0 Å². The van der Waals surface area contributed by atoms with Gasteiger partial charge in [0, 0.05) is 0 Å². The van der Waals surface area contributed by atoms with Crippen molar-refractivity contribution in [2.75, 3.05) is 0 Å². The lowest BCUT2D eigenvalue weighted by atomic mass is 10.4. The first-order valence-corrected chi connectivity index (χ1v) is 1.57. The van der Waals surface area contributed by atoms with E-state index >= 15 is 0 Å². The van der Waals surface area contributed by atoms with Gasteiger partial charge in [0.2, 0.25) is 0 Å². The van der Waals surface area contributed by atoms with E-state index < -0.39 is 17.5 Å². The quantitative estimate of drug-likeness (QED) is 0.488. The Bertz CT molecular complexity index is 127. The van der Waals surface area contributed by atoms with Gasteiger partial charge in [-0.15, -0.1) is 10.0 Å². The lowest BCUT2D eigenvalue weighted by Gasteiger charge is -1.95. The summed E-state index contributed by atoms with van der Waals surface area (Å²) in [7, 11) is 0. The number of carboxylic acid groups (broad SMARTS) is 1. The molecule has 0 aromatic heterocycles. The number of carboxylic acids is 1. The van der Waals surface area contributed by atoms with E-state index in [1.54, 1.807) is 0 Å². The fourth-order valence-electron chi connectivity index (χ4n) is 0.0361. The summed E-state index contributed by atoms with van der Waals surface area (Å²) in [6.45, 7) is 0.766. The minimum Gasteiger partial charge on any atom is -0.480 e. The van der Waals surface area contributed by atoms with Crippen molar-refractivity contribution >= 4 is 5.97 Å². The maximum absolute atomic E-state index is 11.7. The van der Waals surface area contributed by atoms with Gasteiger partial charge in [-0.3, -0.25) is 4.79 Å². The summed E-state index contributed by atoms with van der Waals surface area (Å²) in [6.07, 6.45) is 0. The zero-order valence-electron chi connectivity index (χ0n) is 5.68. The molecule has 0 rings (SSSR count). The Kier molecular flexibility index (Phi) is 1.21. The highest BCUT2D eigenvalue weighted by Crippen LogP contribution is 1.77. The Morgan fingerprint density at radius 2 is 2.86 bits per heavy atom. The zero-order valence-corrected chi connectivity index (χ0v) is 3.68. The van der Waals surface area contributed by atoms with E-state index in [1.807, 2.05) is 0 Å². The molecule has 3 nitrogen and oxygen atoms in total. The molecule has 0 aromatic rings. The maximum atomic E-state index is 11.7. The van der Waals surface area contributed by atoms with Crippen LogP contribution in [0.4, 0.5) is 4.48 Å². The molecule has 4 heteroatoms. The summed E-state index contributed by atoms with van der Waals surface area (Å²) in [6, 6.07) is -2.50. The lowest BCUT2D eigenvalue weighted by Crippen LogP contribution is -2.27. The van der Waals surface area contributed by atoms with Crippen LogP contribution in [0.2, 0.25) is 1.41 Å². The minimum atomic E-state index is -2.50. The van der Waals surface area contributed by atoms with Crippen molar-refractivity contribution in [1.29, 1.82) is 0 Å². The van der Waals surface area contributed by atoms with E-state index in [4.69, 9.17) is 7.89 Å². The number of nitrogens with one attached hydrogen (secondary N) is 1. The molecule has 0 amide bonds. The first kappa shape index (κ1) is 3.37. The van der Waals surface area contributed by atoms with E-state index in [9.17, 15) is 9.28 Å². The summed E-state index contributed by atoms with van der Waals surface area (Å²) < 4.78 is 24.4. The van der Waals surface area contributed by atoms with Crippen LogP contribution in [0.1, 0.15) is 8.29 Å². The molecule has 7 heavy (non-hydrogen) atoms. The Balaban J connectivity index is 4.19. The van der Waals surface area contributed by atoms with Crippen molar-refractivity contribution in [3.8, 4) is 0 Å². The predicted octanol–water partition coefficient (Wildman–Crippen LogP) is -0.0664. The van der Waals surface area contributed by atoms with Crippen LogP contribution in [0.5, 0.6) is 0 Å². The number of rotatable bonds is 2. The van der Waals surface area contributed by atoms with Gasteiger partial charge in [-0.05, 0) is 6.92 Å². The molecule has 0 aliphatic heterocycles. The minimum absolute atomic E-state index is 0.766. The number of hydrogen-bond donors (Lipinski definition) is 2. The number of carbonyl (C=O) groups is 1. The van der Waals surface area contributed by atoms with Gasteiger partial charge in [-0.25, -0.2) is 0 Å². The Hall–Kier alpha value is -0.640. The summed E-state index contributed by atoms with van der Waals surface area (Å²) in [5.41, 5.74) is -0.921. The van der Waals surface area contributed by atoms with E-state index in [2.05, 4.69) is 0 Å². The van der Waals surface area contributed by atoms with Gasteiger partial charge in [-0.2, -0.15) is 0 Å². The van der Waals surface area contributed by atoms with E-state index in [0.29, 0.717) is 0 Å². The molecule has 0 aliphatic carbocycles. The van der Waals surface area contributed by atoms with Crippen LogP contribution >= 0.6 is 0 Å². The molecule has 0 saturated carbocycles. The fraction of sp³-hybridized carbons (Fsp3) is 0.667. The number of aliphatic carboxylic acids is 1. The smallest absolute Gasteiger partial charge is 0.323 e. The first-order valence-electron chi connectivity index (χ1n) is 2.52. The largest absolute Gasteiger partial charge is 0.480 e. The topological polar surface area (TPSA) is 49.3 Å². The monoisotopic (exact) mass is 109 g/mol. The zero-order chi connectivity index (χ0) is 7.65. The summed E-state index contributed by atoms with van der Waals surface area (Å²) in [4.78, 5) is 9.87. The molecular weight excluding hydrogens is 101 g/mol. The third-order valence-corrected chi connectivity index (χ3v) is 0.436. The van der Waals surface area contributed by atoms with Crippen LogP contribution in [0.25, 0.3) is 0 Å². The van der Waals surface area contributed by atoms with Crippen molar-refractivity contribution < 1.29 is 17.2 Å². The Morgan fingerprint density at radius 1 is 2.43 bits per heavy atom. The van der Waals surface area contributed by atoms with E-state index in [1.165, 1.54) is 0 Å². The number of hydrogen-bond acceptors (Lipinski definition) is 2. The fourth-order valence-corrected chi connectivity index (χ4v) is 0.0361. The van der Waals surface area contributed by atoms with Gasteiger partial charge >= 0.3 is 5.97 Å². The van der Waals surface area contributed by atoms with Crippen LogP contribution in [-0.4, -0.2) is 17.1 Å². The van der Waals surface area contributed by atoms with Gasteiger partial charge < -0.3 is 5.11 Å². The molecule has 42 valence electrons. The second kappa shape index (κ2) is 2.52. The highest BCUT2D eigenvalue weighted by atomic mass is 19.2. The molecule has 0 saturated heterocycles. The lowest BCUT2D eigenvalue weighted by molar-refractivity contribution is -0.140. The summed E-state index contributed by atoms with van der Waals surface area (Å²) in [5.74, 6) is -1.69. The molecule has 0 spiro atoms. The molecule has 0 unspecified atom stereocenters. The van der Waals surface area contributed by atoms with Crippen LogP contribution in [-0.2, 0) is 4.79 Å². The van der Waals surface area contributed by atoms with E-state index in [0.717, 1.165) is 6.92 Å². The average molecular weight is 109 g/mol. The second-order valence-electron chi connectivity index (χ2n) is 0.975. The average Bonchev–Trinajstić information content (AvgIpc) is 1.65. The van der Waals surface area contributed by atoms with Gasteiger partial charge in [-0.1, -0.05) is 0 Å². The molecule has 0 aromatic carbocycles. The maximum Gasteiger partial charge on any atom is 0.323 e. The van der Waals surface area contributed by atoms with Crippen molar-refractivity contribution in [3.05, 3.63) is 0 Å². The highest BCUT2D eigenvalue weighted by molar-refractivity contribution is 5.72. The Labute approximate surface area is 42.9 Å². The molecule has 0 aliphatic rings. The van der Waals surface area contributed by atoms with Gasteiger partial charge in [0.25, 0.3) is 0 Å². The van der Waals surface area contributed by atoms with Crippen molar-refractivity contribution in [2.24, 2.45) is 0 Å². The van der Waals surface area contributed by atoms with Gasteiger partial charge in [0.1, 0.15) is 6.02 Å². The molecule has 0 bridgehead atoms. The summed E-state index contributed by atoms with van der Waals surface area (Å²) in [5, 5.41) is 8.02. The SMILES string of the molecule is [2H]N(F)[C@@]([2H])(C)C(=O)O. The molecule has 1 atom stereocenters. The van der Waals surface area contributed by atoms with Gasteiger partial charge in [0.15, 0.2) is 1.41 Å². The standard InChI is InChI=1S/C3H6FNO2/c1-2(5-4)3(6)7/h2,5H,1H3,(H,6,7)/t2-/m0/s1/i2D/hD. The first-order chi connectivity index (χ1) is 3.89. The van der Waals surface area contributed by atoms with Crippen molar-refractivity contribution in [2.45, 2.75) is 12.9 Å². The van der Waals surface area contributed by atoms with Crippen molar-refractivity contribution in [1.82, 2.24) is 5.53 Å². The van der Waals surface area contributed by atoms with Crippen LogP contribution < -0.4 is 5.53 Å². The number of halogens is 1. The molecular formula is C3H6FNO2. The molecule has 0 radical (unpaired) electrons. The predicted molar refractivity (Wildman–Crippen MR) is 21.3 cm³/mol. The van der Waals surface area contributed by atoms with Gasteiger partial charge in [0.05, 0.1) is 1.37 Å². The highest BCUT2D eigenvalue weighted by Gasteiger charge is 2.07. The van der Waals surface area contributed by atoms with E-state index in [-0.39, 0.29) is 0 Å². The Morgan fingerprint density at radius 3 is 2.86 bits per heavy atom. The van der Waals surface area contributed by atoms with Crippen LogP contribution in [0, 0.1) is 0 Å². The summed E-state index contributed by atoms with van der Waals surface area (Å²) >= 11 is 0. The van der Waals surface area contributed by atoms with Crippen LogP contribution in [0.3, 0.4) is 0 Å². The third-order valence-electron chi connectivity index (χ3n) is 0.436. The normalized spacial score (nSPS) is 22.7. The van der Waals surface area contributed by atoms with Crippen LogP contribution in [0.15, 0.2) is 0 Å². The third kappa shape index (κ3) is 2.11.